The molecule has 4 aromatic rings. The quantitative estimate of drug-likeness (QED) is 0.359. The van der Waals surface area contributed by atoms with E-state index in [4.69, 9.17) is 11.6 Å². The lowest BCUT2D eigenvalue weighted by Crippen LogP contribution is -2.32. The standard InChI is InChI=1S/C28H21ClN2O2/c1-17-14-15-20(16-18(17)2)25-26(30-23-12-7-9-19-8-3-4-10-21(19)23)28(33)31(27(25)32)24-13-6-5-11-22(24)29/h3-16,30H,1-2H3. The summed E-state index contributed by atoms with van der Waals surface area (Å²) >= 11 is 6.38. The second-order valence-electron chi connectivity index (χ2n) is 8.10. The number of para-hydroxylation sites is 1. The van der Waals surface area contributed by atoms with Crippen LogP contribution in [0, 0.1) is 13.8 Å². The predicted molar refractivity (Wildman–Crippen MR) is 134 cm³/mol. The second kappa shape index (κ2) is 8.23. The summed E-state index contributed by atoms with van der Waals surface area (Å²) in [4.78, 5) is 28.5. The Morgan fingerprint density at radius 2 is 1.48 bits per heavy atom. The van der Waals surface area contributed by atoms with Gasteiger partial charge in [0.1, 0.15) is 5.70 Å². The van der Waals surface area contributed by atoms with Crippen molar-refractivity contribution in [3.05, 3.63) is 112 Å². The molecule has 2 amide bonds. The van der Waals surface area contributed by atoms with E-state index in [-0.39, 0.29) is 5.70 Å². The largest absolute Gasteiger partial charge is 0.350 e. The molecule has 33 heavy (non-hydrogen) atoms. The van der Waals surface area contributed by atoms with Gasteiger partial charge >= 0.3 is 0 Å². The van der Waals surface area contributed by atoms with Crippen LogP contribution < -0.4 is 10.2 Å². The number of hydrogen-bond acceptors (Lipinski definition) is 3. The summed E-state index contributed by atoms with van der Waals surface area (Å²) in [6.45, 7) is 4.00. The molecule has 5 heteroatoms. The van der Waals surface area contributed by atoms with Crippen molar-refractivity contribution in [1.82, 2.24) is 0 Å². The van der Waals surface area contributed by atoms with E-state index < -0.39 is 11.8 Å². The molecule has 162 valence electrons. The van der Waals surface area contributed by atoms with Crippen LogP contribution in [0.4, 0.5) is 11.4 Å². The van der Waals surface area contributed by atoms with Crippen molar-refractivity contribution < 1.29 is 9.59 Å². The van der Waals surface area contributed by atoms with Gasteiger partial charge in [-0.1, -0.05) is 78.3 Å². The molecule has 0 saturated heterocycles. The number of halogens is 1. The number of carbonyl (C=O) groups excluding carboxylic acids is 2. The van der Waals surface area contributed by atoms with Crippen molar-refractivity contribution in [3.63, 3.8) is 0 Å². The molecule has 1 heterocycles. The maximum Gasteiger partial charge on any atom is 0.282 e. The van der Waals surface area contributed by atoms with E-state index in [0.29, 0.717) is 21.8 Å². The maximum absolute atomic E-state index is 13.7. The van der Waals surface area contributed by atoms with E-state index in [1.807, 2.05) is 74.5 Å². The lowest BCUT2D eigenvalue weighted by atomic mass is 9.99. The van der Waals surface area contributed by atoms with Crippen molar-refractivity contribution in [2.24, 2.45) is 0 Å². The van der Waals surface area contributed by atoms with Crippen LogP contribution in [0.2, 0.25) is 5.02 Å². The molecule has 4 aromatic carbocycles. The molecule has 0 fully saturated rings. The number of hydrogen-bond donors (Lipinski definition) is 1. The maximum atomic E-state index is 13.7. The first-order valence-corrected chi connectivity index (χ1v) is 11.0. The minimum atomic E-state index is -0.436. The monoisotopic (exact) mass is 452 g/mol. The Labute approximate surface area is 197 Å². The molecular weight excluding hydrogens is 432 g/mol. The van der Waals surface area contributed by atoms with Gasteiger partial charge in [-0.15, -0.1) is 0 Å². The summed E-state index contributed by atoms with van der Waals surface area (Å²) in [5, 5.41) is 5.63. The zero-order valence-corrected chi connectivity index (χ0v) is 19.0. The van der Waals surface area contributed by atoms with Crippen LogP contribution in [0.5, 0.6) is 0 Å². The number of fused-ring (bicyclic) bond motifs is 1. The summed E-state index contributed by atoms with van der Waals surface area (Å²) in [5.74, 6) is -0.839. The summed E-state index contributed by atoms with van der Waals surface area (Å²) in [6.07, 6.45) is 0. The minimum absolute atomic E-state index is 0.236. The van der Waals surface area contributed by atoms with Crippen molar-refractivity contribution in [1.29, 1.82) is 0 Å². The third kappa shape index (κ3) is 3.59. The third-order valence-electron chi connectivity index (χ3n) is 6.02. The van der Waals surface area contributed by atoms with Gasteiger partial charge in [0.2, 0.25) is 0 Å². The van der Waals surface area contributed by atoms with Crippen LogP contribution in [0.1, 0.15) is 16.7 Å². The fourth-order valence-electron chi connectivity index (χ4n) is 4.13. The van der Waals surface area contributed by atoms with Crippen molar-refractivity contribution in [2.75, 3.05) is 10.2 Å². The number of nitrogens with one attached hydrogen (secondary N) is 1. The van der Waals surface area contributed by atoms with Crippen LogP contribution in [0.25, 0.3) is 16.3 Å². The highest BCUT2D eigenvalue weighted by Crippen LogP contribution is 2.37. The topological polar surface area (TPSA) is 49.4 Å². The molecule has 1 aliphatic heterocycles. The Bertz CT molecular complexity index is 1470. The number of imide groups is 1. The zero-order valence-electron chi connectivity index (χ0n) is 18.2. The van der Waals surface area contributed by atoms with Gasteiger partial charge in [-0.2, -0.15) is 0 Å². The van der Waals surface area contributed by atoms with Crippen molar-refractivity contribution in [3.8, 4) is 0 Å². The van der Waals surface area contributed by atoms with Gasteiger partial charge in [-0.3, -0.25) is 9.59 Å². The molecule has 0 saturated carbocycles. The van der Waals surface area contributed by atoms with Crippen LogP contribution in [0.3, 0.4) is 0 Å². The van der Waals surface area contributed by atoms with Gasteiger partial charge in [0.25, 0.3) is 11.8 Å². The van der Waals surface area contributed by atoms with E-state index in [2.05, 4.69) is 5.32 Å². The molecular formula is C28H21ClN2O2. The van der Waals surface area contributed by atoms with Gasteiger partial charge in [0.05, 0.1) is 16.3 Å². The smallest absolute Gasteiger partial charge is 0.282 e. The van der Waals surface area contributed by atoms with Crippen LogP contribution in [-0.2, 0) is 9.59 Å². The lowest BCUT2D eigenvalue weighted by molar-refractivity contribution is -0.120. The first-order valence-electron chi connectivity index (χ1n) is 10.7. The Morgan fingerprint density at radius 1 is 0.758 bits per heavy atom. The average Bonchev–Trinajstić information content (AvgIpc) is 3.06. The Kier molecular flexibility index (Phi) is 5.23. The van der Waals surface area contributed by atoms with E-state index >= 15 is 0 Å². The molecule has 0 spiro atoms. The van der Waals surface area contributed by atoms with Gasteiger partial charge in [-0.25, -0.2) is 4.90 Å². The van der Waals surface area contributed by atoms with Gasteiger partial charge < -0.3 is 5.32 Å². The highest BCUT2D eigenvalue weighted by atomic mass is 35.5. The summed E-state index contributed by atoms with van der Waals surface area (Å²) in [6, 6.07) is 26.4. The first-order chi connectivity index (χ1) is 16.0. The molecule has 0 bridgehead atoms. The fourth-order valence-corrected chi connectivity index (χ4v) is 4.35. The molecule has 5 rings (SSSR count). The normalized spacial score (nSPS) is 13.8. The van der Waals surface area contributed by atoms with Gasteiger partial charge in [0.15, 0.2) is 0 Å². The van der Waals surface area contributed by atoms with Crippen LogP contribution in [0.15, 0.2) is 90.6 Å². The SMILES string of the molecule is Cc1ccc(C2=C(Nc3cccc4ccccc34)C(=O)N(c3ccccc3Cl)C2=O)cc1C. The number of amides is 2. The Hall–Kier alpha value is -3.89. The van der Waals surface area contributed by atoms with Crippen molar-refractivity contribution >= 4 is 51.1 Å². The minimum Gasteiger partial charge on any atom is -0.350 e. The number of anilines is 2. The van der Waals surface area contributed by atoms with E-state index in [1.165, 1.54) is 0 Å². The third-order valence-corrected chi connectivity index (χ3v) is 6.34. The number of benzene rings is 4. The average molecular weight is 453 g/mol. The number of rotatable bonds is 4. The summed E-state index contributed by atoms with van der Waals surface area (Å²) in [7, 11) is 0. The molecule has 0 aliphatic carbocycles. The van der Waals surface area contributed by atoms with Crippen LogP contribution >= 0.6 is 11.6 Å². The number of carbonyl (C=O) groups is 2. The molecule has 1 N–H and O–H groups in total. The zero-order chi connectivity index (χ0) is 23.1. The Morgan fingerprint density at radius 3 is 2.27 bits per heavy atom. The molecule has 0 aromatic heterocycles. The lowest BCUT2D eigenvalue weighted by Gasteiger charge is -2.17. The molecule has 0 radical (unpaired) electrons. The molecule has 1 aliphatic rings. The van der Waals surface area contributed by atoms with Gasteiger partial charge in [-0.05, 0) is 54.1 Å². The fraction of sp³-hybridized carbons (Fsp3) is 0.0714. The second-order valence-corrected chi connectivity index (χ2v) is 8.51. The summed E-state index contributed by atoms with van der Waals surface area (Å²) < 4.78 is 0. The number of aryl methyl sites for hydroxylation is 2. The molecule has 0 atom stereocenters. The van der Waals surface area contributed by atoms with Gasteiger partial charge in [0, 0.05) is 11.1 Å². The van der Waals surface area contributed by atoms with Crippen LogP contribution in [-0.4, -0.2) is 11.8 Å². The number of nitrogens with zero attached hydrogens (tertiary/aromatic N) is 1. The Balaban J connectivity index is 1.69. The van der Waals surface area contributed by atoms with Crippen molar-refractivity contribution in [2.45, 2.75) is 13.8 Å². The molecule has 4 nitrogen and oxygen atoms in total. The van der Waals surface area contributed by atoms with E-state index in [0.717, 1.165) is 32.5 Å². The highest BCUT2D eigenvalue weighted by molar-refractivity contribution is 6.48. The van der Waals surface area contributed by atoms with E-state index in [1.54, 1.807) is 24.3 Å². The summed E-state index contributed by atoms with van der Waals surface area (Å²) in [5.41, 5.74) is 4.53. The molecule has 0 unspecified atom stereocenters. The highest BCUT2D eigenvalue weighted by Gasteiger charge is 2.41. The predicted octanol–water partition coefficient (Wildman–Crippen LogP) is 6.51. The first kappa shape index (κ1) is 21.0. The van der Waals surface area contributed by atoms with E-state index in [9.17, 15) is 9.59 Å².